The van der Waals surface area contributed by atoms with Crippen LogP contribution in [0.3, 0.4) is 0 Å². The first kappa shape index (κ1) is 28.7. The van der Waals surface area contributed by atoms with E-state index in [9.17, 15) is 0 Å². The van der Waals surface area contributed by atoms with E-state index in [1.165, 1.54) is 84.8 Å². The second-order valence-electron chi connectivity index (χ2n) is 13.9. The molecule has 0 fully saturated rings. The molecule has 1 aliphatic carbocycles. The van der Waals surface area contributed by atoms with Gasteiger partial charge < -0.3 is 8.98 Å². The predicted octanol–water partition coefficient (Wildman–Crippen LogP) is 14.4. The molecule has 4 aromatic heterocycles. The van der Waals surface area contributed by atoms with Crippen LogP contribution in [0.4, 0.5) is 0 Å². The first-order valence-corrected chi connectivity index (χ1v) is 19.5. The lowest BCUT2D eigenvalue weighted by atomic mass is 9.90. The Morgan fingerprint density at radius 2 is 1.12 bits per heavy atom. The Hall–Kier alpha value is -5.94. The third kappa shape index (κ3) is 4.05. The molecule has 0 saturated carbocycles. The lowest BCUT2D eigenvalue weighted by Crippen LogP contribution is -2.01. The van der Waals surface area contributed by atoms with E-state index in [0.717, 1.165) is 40.5 Å². The van der Waals surface area contributed by atoms with Crippen LogP contribution in [0.2, 0.25) is 0 Å². The van der Waals surface area contributed by atoms with Crippen LogP contribution in [0, 0.1) is 0 Å². The Labute approximate surface area is 307 Å². The van der Waals surface area contributed by atoms with Gasteiger partial charge in [0.25, 0.3) is 0 Å². The molecule has 0 unspecified atom stereocenters. The van der Waals surface area contributed by atoms with Crippen molar-refractivity contribution in [2.75, 3.05) is 0 Å². The normalized spacial score (nSPS) is 13.3. The SMILES string of the molecule is C1=C(c2cccc3c4cccc(-c5ccc6c(c5)sc5ccccc56)c4n(-c4ccc5c(c4)oc4ccccc45)c23)CCc2c1sc1ccccc21. The number of fused-ring (bicyclic) bond motifs is 12. The molecule has 7 aromatic carbocycles. The van der Waals surface area contributed by atoms with Gasteiger partial charge in [0, 0.05) is 74.2 Å². The maximum Gasteiger partial charge on any atom is 0.137 e. The highest BCUT2D eigenvalue weighted by atomic mass is 32.1. The van der Waals surface area contributed by atoms with Gasteiger partial charge in [0.1, 0.15) is 11.2 Å². The monoisotopic (exact) mass is 699 g/mol. The number of rotatable bonds is 3. The molecular weight excluding hydrogens is 671 g/mol. The number of benzene rings is 7. The summed E-state index contributed by atoms with van der Waals surface area (Å²) >= 11 is 3.80. The Bertz CT molecular complexity index is 3310. The molecule has 12 rings (SSSR count). The van der Waals surface area contributed by atoms with Crippen LogP contribution < -0.4 is 0 Å². The van der Waals surface area contributed by atoms with Gasteiger partial charge in [-0.05, 0) is 77.4 Å². The zero-order chi connectivity index (χ0) is 33.9. The van der Waals surface area contributed by atoms with Crippen molar-refractivity contribution in [1.82, 2.24) is 4.57 Å². The molecular formula is C48H29NOS2. The smallest absolute Gasteiger partial charge is 0.137 e. The van der Waals surface area contributed by atoms with E-state index in [2.05, 4.69) is 150 Å². The maximum atomic E-state index is 6.50. The van der Waals surface area contributed by atoms with Gasteiger partial charge in [0.05, 0.1) is 11.0 Å². The van der Waals surface area contributed by atoms with E-state index in [4.69, 9.17) is 4.42 Å². The fraction of sp³-hybridized carbons (Fsp3) is 0.0417. The van der Waals surface area contributed by atoms with E-state index in [0.29, 0.717) is 0 Å². The third-order valence-corrected chi connectivity index (χ3v) is 13.4. The molecule has 244 valence electrons. The number of hydrogen-bond acceptors (Lipinski definition) is 3. The Morgan fingerprint density at radius 1 is 0.462 bits per heavy atom. The topological polar surface area (TPSA) is 18.1 Å². The van der Waals surface area contributed by atoms with Crippen LogP contribution in [0.5, 0.6) is 0 Å². The molecule has 0 aliphatic heterocycles. The quantitative estimate of drug-likeness (QED) is 0.180. The average Bonchev–Trinajstić information content (AvgIpc) is 3.95. The minimum absolute atomic E-state index is 0.905. The summed E-state index contributed by atoms with van der Waals surface area (Å²) < 4.78 is 13.0. The number of aryl methyl sites for hydroxylation is 1. The summed E-state index contributed by atoms with van der Waals surface area (Å²) in [6.07, 6.45) is 4.53. The zero-order valence-corrected chi connectivity index (χ0v) is 29.7. The van der Waals surface area contributed by atoms with Crippen LogP contribution in [-0.4, -0.2) is 4.57 Å². The van der Waals surface area contributed by atoms with Gasteiger partial charge in [-0.3, -0.25) is 0 Å². The van der Waals surface area contributed by atoms with Gasteiger partial charge in [0.15, 0.2) is 0 Å². The molecule has 2 nitrogen and oxygen atoms in total. The largest absolute Gasteiger partial charge is 0.456 e. The second-order valence-corrected chi connectivity index (χ2v) is 16.1. The van der Waals surface area contributed by atoms with Crippen LogP contribution in [0.15, 0.2) is 150 Å². The third-order valence-electron chi connectivity index (χ3n) is 11.1. The van der Waals surface area contributed by atoms with Crippen molar-refractivity contribution in [3.8, 4) is 16.8 Å². The minimum Gasteiger partial charge on any atom is -0.456 e. The van der Waals surface area contributed by atoms with Gasteiger partial charge in [-0.2, -0.15) is 0 Å². The van der Waals surface area contributed by atoms with Crippen molar-refractivity contribution in [3.05, 3.63) is 162 Å². The summed E-state index contributed by atoms with van der Waals surface area (Å²) in [6.45, 7) is 0. The molecule has 0 radical (unpaired) electrons. The highest BCUT2D eigenvalue weighted by Gasteiger charge is 2.24. The average molecular weight is 700 g/mol. The minimum atomic E-state index is 0.905. The molecule has 1 aliphatic rings. The number of allylic oxidation sites excluding steroid dienone is 1. The van der Waals surface area contributed by atoms with E-state index in [1.807, 2.05) is 28.7 Å². The zero-order valence-electron chi connectivity index (χ0n) is 28.0. The van der Waals surface area contributed by atoms with E-state index >= 15 is 0 Å². The summed E-state index contributed by atoms with van der Waals surface area (Å²) in [5.74, 6) is 0. The molecule has 0 atom stereocenters. The first-order chi connectivity index (χ1) is 25.8. The molecule has 52 heavy (non-hydrogen) atoms. The lowest BCUT2D eigenvalue weighted by molar-refractivity contribution is 0.668. The number of thiophene rings is 2. The van der Waals surface area contributed by atoms with Crippen molar-refractivity contribution in [1.29, 1.82) is 0 Å². The molecule has 0 bridgehead atoms. The summed E-state index contributed by atoms with van der Waals surface area (Å²) in [6, 6.07) is 53.5. The summed E-state index contributed by atoms with van der Waals surface area (Å²) in [5, 5.41) is 8.87. The number of furan rings is 1. The van der Waals surface area contributed by atoms with Gasteiger partial charge in [-0.25, -0.2) is 0 Å². The molecule has 4 heteroatoms. The highest BCUT2D eigenvalue weighted by Crippen LogP contribution is 2.46. The summed E-state index contributed by atoms with van der Waals surface area (Å²) in [5.41, 5.74) is 12.0. The molecule has 0 spiro atoms. The Balaban J connectivity index is 1.16. The fourth-order valence-corrected chi connectivity index (χ4v) is 11.2. The van der Waals surface area contributed by atoms with Crippen molar-refractivity contribution in [2.45, 2.75) is 12.8 Å². The van der Waals surface area contributed by atoms with E-state index < -0.39 is 0 Å². The first-order valence-electron chi connectivity index (χ1n) is 17.9. The maximum absolute atomic E-state index is 6.50. The van der Waals surface area contributed by atoms with Crippen molar-refractivity contribution >= 4 is 108 Å². The van der Waals surface area contributed by atoms with Crippen molar-refractivity contribution < 1.29 is 4.42 Å². The fourth-order valence-electron chi connectivity index (χ4n) is 8.81. The van der Waals surface area contributed by atoms with Crippen LogP contribution in [0.1, 0.15) is 22.4 Å². The number of hydrogen-bond donors (Lipinski definition) is 0. The Morgan fingerprint density at radius 3 is 1.98 bits per heavy atom. The lowest BCUT2D eigenvalue weighted by Gasteiger charge is -2.18. The van der Waals surface area contributed by atoms with Gasteiger partial charge in [-0.1, -0.05) is 103 Å². The standard InChI is InChI=1S/C48H29NOS2/c1-4-16-41-33(9-1)34-24-21-30(27-42(34)50-41)49-47-31(28-19-22-37-35-10-2-5-17-43(35)51-45(37)25-28)12-7-14-39(47)40-15-8-13-32(48(40)49)29-20-23-38-36-11-3-6-18-44(36)52-46(38)26-29/h1-19,21-22,24-27H,20,23H2. The molecule has 0 saturated heterocycles. The molecule has 4 heterocycles. The molecule has 0 amide bonds. The van der Waals surface area contributed by atoms with E-state index in [-0.39, 0.29) is 0 Å². The van der Waals surface area contributed by atoms with Crippen molar-refractivity contribution in [3.63, 3.8) is 0 Å². The van der Waals surface area contributed by atoms with Gasteiger partial charge in [0.2, 0.25) is 0 Å². The number of para-hydroxylation sites is 3. The predicted molar refractivity (Wildman–Crippen MR) is 224 cm³/mol. The number of nitrogens with zero attached hydrogens (tertiary/aromatic N) is 1. The highest BCUT2D eigenvalue weighted by molar-refractivity contribution is 7.25. The second kappa shape index (κ2) is 10.8. The summed E-state index contributed by atoms with van der Waals surface area (Å²) in [4.78, 5) is 1.39. The Kier molecular flexibility index (Phi) is 5.96. The number of aromatic nitrogens is 1. The van der Waals surface area contributed by atoms with Crippen LogP contribution >= 0.6 is 22.7 Å². The van der Waals surface area contributed by atoms with Crippen LogP contribution in [0.25, 0.3) is 102 Å². The molecule has 0 N–H and O–H groups in total. The van der Waals surface area contributed by atoms with Crippen LogP contribution in [-0.2, 0) is 6.42 Å². The van der Waals surface area contributed by atoms with Gasteiger partial charge >= 0.3 is 0 Å². The van der Waals surface area contributed by atoms with Gasteiger partial charge in [-0.15, -0.1) is 22.7 Å². The van der Waals surface area contributed by atoms with Crippen molar-refractivity contribution in [2.24, 2.45) is 0 Å². The summed E-state index contributed by atoms with van der Waals surface area (Å²) in [7, 11) is 0. The molecule has 11 aromatic rings. The van der Waals surface area contributed by atoms with E-state index in [1.54, 1.807) is 0 Å².